The summed E-state index contributed by atoms with van der Waals surface area (Å²) in [6, 6.07) is 47.0. The topological polar surface area (TPSA) is 86.7 Å². The molecule has 0 saturated carbocycles. The lowest BCUT2D eigenvalue weighted by molar-refractivity contribution is -0.122. The average molecular weight is 622 g/mol. The molecule has 1 fully saturated rings. The van der Waals surface area contributed by atoms with Crippen LogP contribution in [0.15, 0.2) is 149 Å². The van der Waals surface area contributed by atoms with Gasteiger partial charge in [-0.15, -0.1) is 0 Å². The van der Waals surface area contributed by atoms with Crippen LogP contribution in [-0.2, 0) is 15.0 Å². The molecule has 1 saturated heterocycles. The van der Waals surface area contributed by atoms with Gasteiger partial charge in [-0.3, -0.25) is 9.59 Å². The number of para-hydroxylation sites is 1. The highest BCUT2D eigenvalue weighted by molar-refractivity contribution is 6.25. The van der Waals surface area contributed by atoms with Crippen molar-refractivity contribution >= 4 is 29.6 Å². The number of nitriles is 1. The summed E-state index contributed by atoms with van der Waals surface area (Å²) in [6.07, 6.45) is 1.78. The van der Waals surface area contributed by atoms with E-state index in [1.807, 2.05) is 115 Å². The second kappa shape index (κ2) is 10.6. The molecule has 0 N–H and O–H groups in total. The van der Waals surface area contributed by atoms with E-state index in [9.17, 15) is 14.9 Å². The van der Waals surface area contributed by atoms with Gasteiger partial charge in [0.2, 0.25) is 17.7 Å². The third-order valence-corrected chi connectivity index (χ3v) is 10.2. The summed E-state index contributed by atoms with van der Waals surface area (Å²) < 4.78 is 6.51. The van der Waals surface area contributed by atoms with E-state index in [0.717, 1.165) is 33.4 Å². The van der Waals surface area contributed by atoms with Crippen LogP contribution in [0.1, 0.15) is 33.7 Å². The highest BCUT2D eigenvalue weighted by Crippen LogP contribution is 2.64. The molecule has 5 aromatic carbocycles. The third-order valence-electron chi connectivity index (χ3n) is 10.2. The summed E-state index contributed by atoms with van der Waals surface area (Å²) in [5.41, 5.74) is 5.96. The summed E-state index contributed by atoms with van der Waals surface area (Å²) in [4.78, 5) is 35.5. The van der Waals surface area contributed by atoms with E-state index >= 15 is 0 Å². The van der Waals surface area contributed by atoms with Gasteiger partial charge in [-0.05, 0) is 39.9 Å². The van der Waals surface area contributed by atoms with Gasteiger partial charge in [0.25, 0.3) is 0 Å². The van der Waals surface area contributed by atoms with Gasteiger partial charge in [-0.2, -0.15) is 5.26 Å². The van der Waals surface area contributed by atoms with E-state index in [2.05, 4.69) is 18.2 Å². The van der Waals surface area contributed by atoms with Crippen molar-refractivity contribution in [2.75, 3.05) is 4.90 Å². The molecule has 6 nitrogen and oxygen atoms in total. The first-order valence-corrected chi connectivity index (χ1v) is 16.0. The average Bonchev–Trinajstić information content (AvgIpc) is 3.66. The fourth-order valence-electron chi connectivity index (χ4n) is 8.33. The smallest absolute Gasteiger partial charge is 0.239 e. The molecule has 0 unspecified atom stereocenters. The van der Waals surface area contributed by atoms with Gasteiger partial charge in [-0.1, -0.05) is 127 Å². The van der Waals surface area contributed by atoms with E-state index in [4.69, 9.17) is 9.41 Å². The number of hydrogen-bond donors (Lipinski definition) is 0. The Labute approximate surface area is 277 Å². The second-order valence-electron chi connectivity index (χ2n) is 12.5. The number of carbonyl (C=O) groups excluding carboxylic acids is 2. The third kappa shape index (κ3) is 3.76. The first-order chi connectivity index (χ1) is 23.6. The van der Waals surface area contributed by atoms with E-state index in [-0.39, 0.29) is 23.6 Å². The first-order valence-electron chi connectivity index (χ1n) is 16.0. The Bertz CT molecular complexity index is 2270. The standard InChI is InChI=1S/C42H27N3O3/c43-24-31-34(26-14-4-1-5-15-26)38(27-16-6-2-7-17-27)48-39(31)44-25-42-32-22-12-10-20-29(32)35(30-21-11-13-23-33(30)42)36-37(42)41(47)45(40(36)46)28-18-8-3-9-19-28/h1-23,25,35-37H/t35?,36-,37+,42?/m0/s1. The van der Waals surface area contributed by atoms with E-state index in [1.54, 1.807) is 18.3 Å². The Morgan fingerprint density at radius 1 is 0.688 bits per heavy atom. The molecule has 0 spiro atoms. The van der Waals surface area contributed by atoms with Crippen molar-refractivity contribution in [1.82, 2.24) is 0 Å². The minimum Gasteiger partial charge on any atom is -0.436 e. The SMILES string of the molecule is N#Cc1c(N=CC23c4ccccc4C(c4ccccc42)[C@@H]2C(=O)N(c4ccccc4)C(=O)[C@@H]23)oc(-c2ccccc2)c1-c1ccccc1. The van der Waals surface area contributed by atoms with Crippen molar-refractivity contribution in [2.24, 2.45) is 16.8 Å². The molecule has 4 aliphatic rings. The van der Waals surface area contributed by atoms with E-state index in [0.29, 0.717) is 22.6 Å². The number of benzene rings is 5. The molecule has 6 aromatic rings. The molecule has 228 valence electrons. The van der Waals surface area contributed by atoms with Gasteiger partial charge in [0.15, 0.2) is 0 Å². The van der Waals surface area contributed by atoms with Crippen LogP contribution >= 0.6 is 0 Å². The number of furan rings is 1. The van der Waals surface area contributed by atoms with Crippen molar-refractivity contribution in [3.05, 3.63) is 167 Å². The molecule has 6 heteroatoms. The molecule has 2 amide bonds. The molecular formula is C42H27N3O3. The summed E-state index contributed by atoms with van der Waals surface area (Å²) in [7, 11) is 0. The second-order valence-corrected chi connectivity index (χ2v) is 12.5. The Balaban J connectivity index is 1.30. The molecule has 2 bridgehead atoms. The fraction of sp³-hybridized carbons (Fsp3) is 0.0952. The summed E-state index contributed by atoms with van der Waals surface area (Å²) in [6.45, 7) is 0. The lowest BCUT2D eigenvalue weighted by Crippen LogP contribution is -2.54. The maximum Gasteiger partial charge on any atom is 0.239 e. The van der Waals surface area contributed by atoms with E-state index < -0.39 is 17.3 Å². The largest absolute Gasteiger partial charge is 0.436 e. The summed E-state index contributed by atoms with van der Waals surface area (Å²) >= 11 is 0. The Hall–Kier alpha value is -6.32. The van der Waals surface area contributed by atoms with Crippen LogP contribution in [0.5, 0.6) is 0 Å². The Morgan fingerprint density at radius 2 is 1.23 bits per heavy atom. The maximum atomic E-state index is 14.7. The van der Waals surface area contributed by atoms with Crippen LogP contribution in [0, 0.1) is 23.2 Å². The number of nitrogens with zero attached hydrogens (tertiary/aromatic N) is 3. The van der Waals surface area contributed by atoms with Gasteiger partial charge in [0, 0.05) is 23.3 Å². The molecule has 10 rings (SSSR count). The number of carbonyl (C=O) groups is 2. The number of aliphatic imine (C=N–C) groups is 1. The quantitative estimate of drug-likeness (QED) is 0.143. The Morgan fingerprint density at radius 3 is 1.83 bits per heavy atom. The van der Waals surface area contributed by atoms with Crippen LogP contribution < -0.4 is 4.90 Å². The zero-order valence-electron chi connectivity index (χ0n) is 25.7. The minimum absolute atomic E-state index is 0.153. The highest BCUT2D eigenvalue weighted by atomic mass is 16.4. The number of amides is 2. The van der Waals surface area contributed by atoms with Crippen LogP contribution in [0.2, 0.25) is 0 Å². The highest BCUT2D eigenvalue weighted by Gasteiger charge is 2.68. The van der Waals surface area contributed by atoms with Crippen molar-refractivity contribution in [2.45, 2.75) is 11.3 Å². The minimum atomic E-state index is -1.10. The lowest BCUT2D eigenvalue weighted by Gasteiger charge is -2.52. The van der Waals surface area contributed by atoms with Gasteiger partial charge < -0.3 is 4.42 Å². The zero-order valence-corrected chi connectivity index (χ0v) is 25.7. The van der Waals surface area contributed by atoms with Crippen molar-refractivity contribution < 1.29 is 14.0 Å². The molecule has 3 aliphatic carbocycles. The van der Waals surface area contributed by atoms with Gasteiger partial charge in [0.1, 0.15) is 17.4 Å². The van der Waals surface area contributed by atoms with Crippen molar-refractivity contribution in [3.63, 3.8) is 0 Å². The number of hydrogen-bond acceptors (Lipinski definition) is 5. The predicted octanol–water partition coefficient (Wildman–Crippen LogP) is 8.44. The fourth-order valence-corrected chi connectivity index (χ4v) is 8.33. The van der Waals surface area contributed by atoms with Crippen LogP contribution in [-0.4, -0.2) is 18.0 Å². The van der Waals surface area contributed by atoms with E-state index in [1.165, 1.54) is 4.90 Å². The summed E-state index contributed by atoms with van der Waals surface area (Å²) in [5.74, 6) is -1.43. The Kier molecular flexibility index (Phi) is 6.18. The van der Waals surface area contributed by atoms with Crippen LogP contribution in [0.4, 0.5) is 11.6 Å². The molecule has 2 heterocycles. The molecular weight excluding hydrogens is 594 g/mol. The zero-order chi connectivity index (χ0) is 32.4. The maximum absolute atomic E-state index is 14.7. The van der Waals surface area contributed by atoms with Gasteiger partial charge in [-0.25, -0.2) is 9.89 Å². The summed E-state index contributed by atoms with van der Waals surface area (Å²) in [5, 5.41) is 10.6. The number of rotatable bonds is 5. The molecule has 1 aliphatic heterocycles. The molecule has 0 radical (unpaired) electrons. The lowest BCUT2D eigenvalue weighted by atomic mass is 9.47. The van der Waals surface area contributed by atoms with Crippen LogP contribution in [0.3, 0.4) is 0 Å². The van der Waals surface area contributed by atoms with Crippen molar-refractivity contribution in [1.29, 1.82) is 5.26 Å². The number of anilines is 1. The number of imide groups is 1. The van der Waals surface area contributed by atoms with Gasteiger partial charge >= 0.3 is 0 Å². The molecule has 48 heavy (non-hydrogen) atoms. The first kappa shape index (κ1) is 27.9. The van der Waals surface area contributed by atoms with Crippen molar-refractivity contribution in [3.8, 4) is 28.5 Å². The van der Waals surface area contributed by atoms with Crippen LogP contribution in [0.25, 0.3) is 22.5 Å². The molecule has 2 atom stereocenters. The molecule has 1 aromatic heterocycles. The normalized spacial score (nSPS) is 22.0. The monoisotopic (exact) mass is 621 g/mol. The predicted molar refractivity (Wildman–Crippen MR) is 184 cm³/mol. The van der Waals surface area contributed by atoms with Gasteiger partial charge in [0.05, 0.1) is 22.9 Å².